The van der Waals surface area contributed by atoms with E-state index in [-0.39, 0.29) is 11.7 Å². The standard InChI is InChI=1S/C20H22N6OS3/c1-9-5-6-13-14(7-9)30-18-16(13)17-24-25-20(26(17)12(4)22-18)28-8-15(27)23-19-21-10(2)11(3)29-19/h9H,5-8H2,1-4H3,(H,21,23,27)/t9-/m0/s1. The number of anilines is 1. The van der Waals surface area contributed by atoms with Gasteiger partial charge in [-0.15, -0.1) is 32.9 Å². The van der Waals surface area contributed by atoms with Crippen LogP contribution in [0.4, 0.5) is 5.13 Å². The molecule has 0 unspecified atom stereocenters. The molecule has 0 saturated heterocycles. The highest BCUT2D eigenvalue weighted by atomic mass is 32.2. The van der Waals surface area contributed by atoms with Gasteiger partial charge in [-0.25, -0.2) is 9.97 Å². The normalized spacial score (nSPS) is 16.3. The Morgan fingerprint density at radius 2 is 2.07 bits per heavy atom. The third-order valence-electron chi connectivity index (χ3n) is 5.54. The van der Waals surface area contributed by atoms with E-state index in [0.29, 0.717) is 10.3 Å². The Labute approximate surface area is 186 Å². The molecule has 156 valence electrons. The predicted molar refractivity (Wildman–Crippen MR) is 123 cm³/mol. The van der Waals surface area contributed by atoms with Crippen molar-refractivity contribution in [1.82, 2.24) is 24.6 Å². The third-order valence-corrected chi connectivity index (χ3v) is 8.61. The summed E-state index contributed by atoms with van der Waals surface area (Å²) in [4.78, 5) is 25.2. The lowest BCUT2D eigenvalue weighted by molar-refractivity contribution is -0.113. The van der Waals surface area contributed by atoms with E-state index in [0.717, 1.165) is 51.0 Å². The average molecular weight is 459 g/mol. The minimum atomic E-state index is -0.0981. The van der Waals surface area contributed by atoms with Crippen LogP contribution in [-0.2, 0) is 17.6 Å². The molecule has 1 amide bonds. The second-order valence-electron chi connectivity index (χ2n) is 7.83. The molecule has 4 heterocycles. The Hall–Kier alpha value is -2.04. The number of thiophene rings is 1. The molecule has 4 aromatic rings. The molecule has 1 N–H and O–H groups in total. The Balaban J connectivity index is 1.43. The number of carbonyl (C=O) groups excluding carboxylic acids is 1. The van der Waals surface area contributed by atoms with Crippen LogP contribution in [0.5, 0.6) is 0 Å². The molecular weight excluding hydrogens is 436 g/mol. The first kappa shape index (κ1) is 19.9. The molecule has 7 nitrogen and oxygen atoms in total. The monoisotopic (exact) mass is 458 g/mol. The van der Waals surface area contributed by atoms with Gasteiger partial charge in [0.2, 0.25) is 5.91 Å². The number of amides is 1. The van der Waals surface area contributed by atoms with Crippen molar-refractivity contribution in [1.29, 1.82) is 0 Å². The summed E-state index contributed by atoms with van der Waals surface area (Å²) in [5.41, 5.74) is 3.20. The van der Waals surface area contributed by atoms with Gasteiger partial charge in [0.15, 0.2) is 15.9 Å². The van der Waals surface area contributed by atoms with E-state index < -0.39 is 0 Å². The highest BCUT2D eigenvalue weighted by molar-refractivity contribution is 7.99. The van der Waals surface area contributed by atoms with Crippen molar-refractivity contribution in [3.8, 4) is 0 Å². The van der Waals surface area contributed by atoms with Gasteiger partial charge in [0.25, 0.3) is 0 Å². The lowest BCUT2D eigenvalue weighted by atomic mass is 9.89. The van der Waals surface area contributed by atoms with Crippen LogP contribution in [0.15, 0.2) is 5.16 Å². The molecular formula is C20H22N6OS3. The average Bonchev–Trinajstić information content (AvgIpc) is 3.35. The number of nitrogens with one attached hydrogen (secondary N) is 1. The number of fused-ring (bicyclic) bond motifs is 5. The number of hydrogen-bond donors (Lipinski definition) is 1. The van der Waals surface area contributed by atoms with Gasteiger partial charge in [0.1, 0.15) is 10.7 Å². The van der Waals surface area contributed by atoms with Gasteiger partial charge in [-0.3, -0.25) is 9.20 Å². The van der Waals surface area contributed by atoms with Crippen LogP contribution in [0.2, 0.25) is 0 Å². The van der Waals surface area contributed by atoms with E-state index in [4.69, 9.17) is 4.98 Å². The van der Waals surface area contributed by atoms with E-state index in [9.17, 15) is 4.79 Å². The second-order valence-corrected chi connectivity index (χ2v) is 11.1. The Bertz CT molecular complexity index is 1270. The number of thioether (sulfide) groups is 1. The highest BCUT2D eigenvalue weighted by Gasteiger charge is 2.25. The van der Waals surface area contributed by atoms with Crippen LogP contribution < -0.4 is 5.32 Å². The topological polar surface area (TPSA) is 85.1 Å². The summed E-state index contributed by atoms with van der Waals surface area (Å²) in [5, 5.41) is 14.3. The lowest BCUT2D eigenvalue weighted by Crippen LogP contribution is -2.14. The molecule has 0 aromatic carbocycles. The minimum Gasteiger partial charge on any atom is -0.301 e. The van der Waals surface area contributed by atoms with Crippen LogP contribution in [-0.4, -0.2) is 36.2 Å². The number of hydrogen-bond acceptors (Lipinski definition) is 8. The number of aryl methyl sites for hydroxylation is 4. The summed E-state index contributed by atoms with van der Waals surface area (Å²) in [5.74, 6) is 1.72. The Morgan fingerprint density at radius 3 is 2.83 bits per heavy atom. The fourth-order valence-electron chi connectivity index (χ4n) is 3.87. The molecule has 30 heavy (non-hydrogen) atoms. The molecule has 0 aliphatic heterocycles. The van der Waals surface area contributed by atoms with Gasteiger partial charge in [0.05, 0.1) is 16.8 Å². The van der Waals surface area contributed by atoms with E-state index in [1.54, 1.807) is 11.3 Å². The molecule has 0 spiro atoms. The number of carbonyl (C=O) groups is 1. The summed E-state index contributed by atoms with van der Waals surface area (Å²) in [6.45, 7) is 8.23. The van der Waals surface area contributed by atoms with Crippen molar-refractivity contribution in [3.05, 3.63) is 26.8 Å². The van der Waals surface area contributed by atoms with Crippen LogP contribution in [0.3, 0.4) is 0 Å². The zero-order valence-corrected chi connectivity index (χ0v) is 19.7. The Morgan fingerprint density at radius 1 is 1.23 bits per heavy atom. The SMILES string of the molecule is Cc1nc(NC(=O)CSc2nnc3c4c5c(sc4nc(C)n23)C[C@@H](C)CC5)sc1C. The fourth-order valence-corrected chi connectivity index (χ4v) is 6.90. The molecule has 0 bridgehead atoms. The summed E-state index contributed by atoms with van der Waals surface area (Å²) in [6.07, 6.45) is 3.39. The van der Waals surface area contributed by atoms with Crippen molar-refractivity contribution in [3.63, 3.8) is 0 Å². The fraction of sp³-hybridized carbons (Fsp3) is 0.450. The Kier molecular flexibility index (Phi) is 5.03. The maximum absolute atomic E-state index is 12.4. The molecule has 4 aromatic heterocycles. The number of nitrogens with zero attached hydrogens (tertiary/aromatic N) is 5. The van der Waals surface area contributed by atoms with Crippen LogP contribution >= 0.6 is 34.4 Å². The molecule has 0 fully saturated rings. The number of rotatable bonds is 4. The third kappa shape index (κ3) is 3.40. The summed E-state index contributed by atoms with van der Waals surface area (Å²) in [7, 11) is 0. The smallest absolute Gasteiger partial charge is 0.236 e. The van der Waals surface area contributed by atoms with Gasteiger partial charge in [0, 0.05) is 9.75 Å². The maximum atomic E-state index is 12.4. The van der Waals surface area contributed by atoms with Crippen LogP contribution in [0.25, 0.3) is 15.9 Å². The van der Waals surface area contributed by atoms with Gasteiger partial charge in [-0.2, -0.15) is 0 Å². The minimum absolute atomic E-state index is 0.0981. The second kappa shape index (κ2) is 7.58. The van der Waals surface area contributed by atoms with E-state index in [1.165, 1.54) is 40.0 Å². The largest absolute Gasteiger partial charge is 0.301 e. The predicted octanol–water partition coefficient (Wildman–Crippen LogP) is 4.58. The van der Waals surface area contributed by atoms with Gasteiger partial charge in [-0.05, 0) is 51.5 Å². The molecule has 10 heteroatoms. The zero-order chi connectivity index (χ0) is 21.0. The van der Waals surface area contributed by atoms with E-state index >= 15 is 0 Å². The molecule has 0 saturated carbocycles. The summed E-state index contributed by atoms with van der Waals surface area (Å²) < 4.78 is 1.99. The number of aromatic nitrogens is 5. The highest BCUT2D eigenvalue weighted by Crippen LogP contribution is 2.39. The molecule has 1 aliphatic rings. The molecule has 0 radical (unpaired) electrons. The van der Waals surface area contributed by atoms with Crippen molar-refractivity contribution < 1.29 is 4.79 Å². The summed E-state index contributed by atoms with van der Waals surface area (Å²) >= 11 is 4.66. The molecule has 5 rings (SSSR count). The van der Waals surface area contributed by atoms with Crippen LogP contribution in [0, 0.1) is 26.7 Å². The lowest BCUT2D eigenvalue weighted by Gasteiger charge is -2.17. The summed E-state index contributed by atoms with van der Waals surface area (Å²) in [6, 6.07) is 0. The van der Waals surface area contributed by atoms with Gasteiger partial charge >= 0.3 is 0 Å². The van der Waals surface area contributed by atoms with Crippen molar-refractivity contribution in [2.24, 2.45) is 5.92 Å². The first-order valence-corrected chi connectivity index (χ1v) is 12.5. The first-order valence-electron chi connectivity index (χ1n) is 9.93. The molecule has 1 aliphatic carbocycles. The van der Waals surface area contributed by atoms with Gasteiger partial charge < -0.3 is 5.32 Å². The number of thiazole rings is 1. The van der Waals surface area contributed by atoms with Crippen molar-refractivity contribution in [2.45, 2.75) is 52.1 Å². The van der Waals surface area contributed by atoms with Crippen molar-refractivity contribution in [2.75, 3.05) is 11.1 Å². The quantitative estimate of drug-likeness (QED) is 0.451. The molecule has 1 atom stereocenters. The first-order chi connectivity index (χ1) is 14.4. The van der Waals surface area contributed by atoms with Gasteiger partial charge in [-0.1, -0.05) is 18.7 Å². The van der Waals surface area contributed by atoms with E-state index in [2.05, 4.69) is 27.4 Å². The maximum Gasteiger partial charge on any atom is 0.236 e. The van der Waals surface area contributed by atoms with Crippen molar-refractivity contribution >= 4 is 61.3 Å². The van der Waals surface area contributed by atoms with E-state index in [1.807, 2.05) is 25.2 Å². The zero-order valence-electron chi connectivity index (χ0n) is 17.3. The van der Waals surface area contributed by atoms with Crippen LogP contribution in [0.1, 0.15) is 40.2 Å².